The van der Waals surface area contributed by atoms with Crippen molar-refractivity contribution in [2.75, 3.05) is 25.0 Å². The monoisotopic (exact) mass is 218 g/mol. The number of hydrogen-bond donors (Lipinski definition) is 1. The van der Waals surface area contributed by atoms with Crippen LogP contribution >= 0.6 is 0 Å². The molecular weight excluding hydrogens is 204 g/mol. The zero-order valence-corrected chi connectivity index (χ0v) is 9.18. The third kappa shape index (κ3) is 1.53. The standard InChI is InChI=1S/C11H14N4O/c1-15(8-4-6-12-7-8)11-14-10-9(16-11)3-2-5-13-10/h2-3,5,8,12H,4,6-7H2,1H3. The lowest BCUT2D eigenvalue weighted by Crippen LogP contribution is -2.33. The summed E-state index contributed by atoms with van der Waals surface area (Å²) in [6.07, 6.45) is 2.86. The first-order valence-electron chi connectivity index (χ1n) is 5.50. The summed E-state index contributed by atoms with van der Waals surface area (Å²) < 4.78 is 5.67. The summed E-state index contributed by atoms with van der Waals surface area (Å²) >= 11 is 0. The molecule has 0 amide bonds. The number of nitrogens with one attached hydrogen (secondary N) is 1. The van der Waals surface area contributed by atoms with Gasteiger partial charge in [-0.25, -0.2) is 4.98 Å². The number of pyridine rings is 1. The minimum Gasteiger partial charge on any atom is -0.422 e. The molecule has 1 aliphatic rings. The number of hydrogen-bond acceptors (Lipinski definition) is 5. The number of oxazole rings is 1. The zero-order chi connectivity index (χ0) is 11.0. The van der Waals surface area contributed by atoms with Crippen molar-refractivity contribution in [2.24, 2.45) is 0 Å². The fraction of sp³-hybridized carbons (Fsp3) is 0.455. The molecule has 1 unspecified atom stereocenters. The Bertz CT molecular complexity index is 456. The molecule has 0 spiro atoms. The van der Waals surface area contributed by atoms with E-state index in [9.17, 15) is 0 Å². The van der Waals surface area contributed by atoms with Gasteiger partial charge in [-0.1, -0.05) is 0 Å². The van der Waals surface area contributed by atoms with E-state index >= 15 is 0 Å². The molecule has 0 aliphatic carbocycles. The summed E-state index contributed by atoms with van der Waals surface area (Å²) in [6.45, 7) is 2.05. The number of aromatic nitrogens is 2. The lowest BCUT2D eigenvalue weighted by Gasteiger charge is -2.21. The average molecular weight is 218 g/mol. The first kappa shape index (κ1) is 9.59. The van der Waals surface area contributed by atoms with Gasteiger partial charge in [-0.05, 0) is 25.1 Å². The van der Waals surface area contributed by atoms with E-state index < -0.39 is 0 Å². The van der Waals surface area contributed by atoms with Crippen LogP contribution in [0.2, 0.25) is 0 Å². The quantitative estimate of drug-likeness (QED) is 0.815. The van der Waals surface area contributed by atoms with Gasteiger partial charge in [-0.15, -0.1) is 0 Å². The van der Waals surface area contributed by atoms with Gasteiger partial charge in [0.1, 0.15) is 0 Å². The van der Waals surface area contributed by atoms with Crippen molar-refractivity contribution < 1.29 is 4.42 Å². The second kappa shape index (κ2) is 3.75. The molecule has 1 saturated heterocycles. The molecule has 1 N–H and O–H groups in total. The Kier molecular flexibility index (Phi) is 2.25. The van der Waals surface area contributed by atoms with Crippen LogP contribution in [0.3, 0.4) is 0 Å². The largest absolute Gasteiger partial charge is 0.422 e. The summed E-state index contributed by atoms with van der Waals surface area (Å²) in [5, 5.41) is 3.33. The lowest BCUT2D eigenvalue weighted by atomic mass is 10.2. The van der Waals surface area contributed by atoms with Crippen molar-refractivity contribution >= 4 is 17.2 Å². The molecule has 0 saturated carbocycles. The SMILES string of the molecule is CN(c1nc2ncccc2o1)C1CCNC1. The first-order chi connectivity index (χ1) is 7.84. The van der Waals surface area contributed by atoms with Crippen molar-refractivity contribution in [2.45, 2.75) is 12.5 Å². The molecule has 0 radical (unpaired) electrons. The summed E-state index contributed by atoms with van der Waals surface area (Å²) in [5.41, 5.74) is 1.42. The molecule has 0 bridgehead atoms. The highest BCUT2D eigenvalue weighted by atomic mass is 16.4. The summed E-state index contributed by atoms with van der Waals surface area (Å²) in [6, 6.07) is 4.86. The maximum Gasteiger partial charge on any atom is 0.299 e. The Morgan fingerprint density at radius 2 is 2.50 bits per heavy atom. The zero-order valence-electron chi connectivity index (χ0n) is 9.18. The van der Waals surface area contributed by atoms with Crippen LogP contribution in [-0.4, -0.2) is 36.1 Å². The topological polar surface area (TPSA) is 54.2 Å². The summed E-state index contributed by atoms with van der Waals surface area (Å²) in [4.78, 5) is 10.6. The van der Waals surface area contributed by atoms with E-state index in [1.807, 2.05) is 19.2 Å². The smallest absolute Gasteiger partial charge is 0.299 e. The molecule has 16 heavy (non-hydrogen) atoms. The predicted octanol–water partition coefficient (Wildman–Crippen LogP) is 1.02. The van der Waals surface area contributed by atoms with Gasteiger partial charge < -0.3 is 14.6 Å². The average Bonchev–Trinajstić information content (AvgIpc) is 2.97. The molecule has 0 aromatic carbocycles. The van der Waals surface area contributed by atoms with Crippen LogP contribution in [0.15, 0.2) is 22.7 Å². The van der Waals surface area contributed by atoms with Gasteiger partial charge in [-0.3, -0.25) is 0 Å². The van der Waals surface area contributed by atoms with Gasteiger partial charge in [-0.2, -0.15) is 4.98 Å². The molecule has 5 nitrogen and oxygen atoms in total. The van der Waals surface area contributed by atoms with E-state index in [1.165, 1.54) is 0 Å². The number of fused-ring (bicyclic) bond motifs is 1. The highest BCUT2D eigenvalue weighted by Crippen LogP contribution is 2.22. The minimum atomic E-state index is 0.466. The molecule has 1 aliphatic heterocycles. The van der Waals surface area contributed by atoms with Gasteiger partial charge in [0.2, 0.25) is 5.65 Å². The van der Waals surface area contributed by atoms with E-state index in [4.69, 9.17) is 4.42 Å². The van der Waals surface area contributed by atoms with Crippen molar-refractivity contribution in [3.05, 3.63) is 18.3 Å². The van der Waals surface area contributed by atoms with Crippen LogP contribution in [0, 0.1) is 0 Å². The highest BCUT2D eigenvalue weighted by molar-refractivity contribution is 5.69. The second-order valence-corrected chi connectivity index (χ2v) is 4.08. The van der Waals surface area contributed by atoms with Gasteiger partial charge in [0.05, 0.1) is 0 Å². The Morgan fingerprint density at radius 3 is 3.25 bits per heavy atom. The molecule has 2 aromatic heterocycles. The van der Waals surface area contributed by atoms with Crippen molar-refractivity contribution in [3.8, 4) is 0 Å². The Labute approximate surface area is 93.5 Å². The Balaban J connectivity index is 1.92. The number of nitrogens with zero attached hydrogens (tertiary/aromatic N) is 3. The Morgan fingerprint density at radius 1 is 1.56 bits per heavy atom. The normalized spacial score (nSPS) is 20.4. The molecule has 3 rings (SSSR count). The van der Waals surface area contributed by atoms with Crippen LogP contribution < -0.4 is 10.2 Å². The summed E-state index contributed by atoms with van der Waals surface area (Å²) in [7, 11) is 2.02. The van der Waals surface area contributed by atoms with Crippen molar-refractivity contribution in [3.63, 3.8) is 0 Å². The first-order valence-corrected chi connectivity index (χ1v) is 5.50. The Hall–Kier alpha value is -1.62. The molecule has 84 valence electrons. The fourth-order valence-corrected chi connectivity index (χ4v) is 2.03. The van der Waals surface area contributed by atoms with Crippen molar-refractivity contribution in [1.29, 1.82) is 0 Å². The van der Waals surface area contributed by atoms with E-state index in [1.54, 1.807) is 6.20 Å². The minimum absolute atomic E-state index is 0.466. The van der Waals surface area contributed by atoms with Gasteiger partial charge >= 0.3 is 0 Å². The van der Waals surface area contributed by atoms with E-state index in [2.05, 4.69) is 20.2 Å². The maximum absolute atomic E-state index is 5.67. The van der Waals surface area contributed by atoms with Crippen molar-refractivity contribution in [1.82, 2.24) is 15.3 Å². The molecular formula is C11H14N4O. The molecule has 3 heterocycles. The van der Waals surface area contributed by atoms with Crippen LogP contribution in [0.4, 0.5) is 6.01 Å². The highest BCUT2D eigenvalue weighted by Gasteiger charge is 2.22. The summed E-state index contributed by atoms with van der Waals surface area (Å²) in [5.74, 6) is 0. The van der Waals surface area contributed by atoms with Crippen LogP contribution in [0.25, 0.3) is 11.2 Å². The van der Waals surface area contributed by atoms with Gasteiger partial charge in [0.15, 0.2) is 5.58 Å². The van der Waals surface area contributed by atoms with Crippen LogP contribution in [0.1, 0.15) is 6.42 Å². The second-order valence-electron chi connectivity index (χ2n) is 4.08. The van der Waals surface area contributed by atoms with Gasteiger partial charge in [0, 0.05) is 25.8 Å². The molecule has 1 atom stereocenters. The number of anilines is 1. The van der Waals surface area contributed by atoms with Crippen LogP contribution in [0.5, 0.6) is 0 Å². The van der Waals surface area contributed by atoms with E-state index in [-0.39, 0.29) is 0 Å². The van der Waals surface area contributed by atoms with E-state index in [0.29, 0.717) is 17.7 Å². The molecule has 1 fully saturated rings. The molecule has 2 aromatic rings. The predicted molar refractivity (Wildman–Crippen MR) is 61.5 cm³/mol. The van der Waals surface area contributed by atoms with E-state index in [0.717, 1.165) is 25.1 Å². The molecule has 5 heteroatoms. The lowest BCUT2D eigenvalue weighted by molar-refractivity contribution is 0.548. The third-order valence-electron chi connectivity index (χ3n) is 3.04. The van der Waals surface area contributed by atoms with Gasteiger partial charge in [0.25, 0.3) is 6.01 Å². The third-order valence-corrected chi connectivity index (χ3v) is 3.04. The number of rotatable bonds is 2. The maximum atomic E-state index is 5.67. The fourth-order valence-electron chi connectivity index (χ4n) is 2.03. The number of likely N-dealkylation sites (N-methyl/N-ethyl adjacent to an activating group) is 1. The van der Waals surface area contributed by atoms with Crippen LogP contribution in [-0.2, 0) is 0 Å².